The van der Waals surface area contributed by atoms with E-state index in [1.807, 2.05) is 0 Å². The number of amides is 4. The molecule has 0 bridgehead atoms. The molecule has 2 aliphatic carbocycles. The molecule has 1 saturated carbocycles. The topological polar surface area (TPSA) is 128 Å². The number of allylic oxidation sites excluding steroid dienone is 3. The molecule has 4 rings (SSSR count). The summed E-state index contributed by atoms with van der Waals surface area (Å²) in [4.78, 5) is 52.7. The first-order valence-electron chi connectivity index (χ1n) is 13.1. The fraction of sp³-hybridized carbons (Fsp3) is 0.481. The highest BCUT2D eigenvalue weighted by Gasteiger charge is 2.56. The summed E-state index contributed by atoms with van der Waals surface area (Å²) in [5.41, 5.74) is -0.422. The van der Waals surface area contributed by atoms with Crippen molar-refractivity contribution in [3.05, 3.63) is 59.1 Å². The molecule has 1 spiro atoms. The molecule has 3 atom stereocenters. The molecule has 1 aromatic carbocycles. The molecule has 41 heavy (non-hydrogen) atoms. The van der Waals surface area contributed by atoms with Gasteiger partial charge in [0.15, 0.2) is 11.4 Å². The molecule has 3 aliphatic rings. The van der Waals surface area contributed by atoms with Gasteiger partial charge in [-0.3, -0.25) is 14.5 Å². The summed E-state index contributed by atoms with van der Waals surface area (Å²) in [7, 11) is 0. The first-order chi connectivity index (χ1) is 19.3. The minimum Gasteiger partial charge on any atom is -0.436 e. The third-order valence-electron chi connectivity index (χ3n) is 7.46. The Balaban J connectivity index is 1.47. The fourth-order valence-electron chi connectivity index (χ4n) is 5.22. The van der Waals surface area contributed by atoms with Gasteiger partial charge in [-0.25, -0.2) is 14.0 Å². The Morgan fingerprint density at radius 1 is 1.22 bits per heavy atom. The normalized spacial score (nSPS) is 22.6. The number of ketones is 1. The van der Waals surface area contributed by atoms with Crippen molar-refractivity contribution in [1.82, 2.24) is 20.4 Å². The van der Waals surface area contributed by atoms with Crippen LogP contribution in [0.15, 0.2) is 47.7 Å². The van der Waals surface area contributed by atoms with Crippen molar-refractivity contribution in [3.63, 3.8) is 0 Å². The van der Waals surface area contributed by atoms with Crippen LogP contribution < -0.4 is 10.6 Å². The number of carbonyl (C=O) groups is 4. The predicted molar refractivity (Wildman–Crippen MR) is 135 cm³/mol. The number of fused-ring (bicyclic) bond motifs is 2. The van der Waals surface area contributed by atoms with Crippen molar-refractivity contribution >= 4 is 23.8 Å². The van der Waals surface area contributed by atoms with Crippen LogP contribution in [0.2, 0.25) is 0 Å². The van der Waals surface area contributed by atoms with Gasteiger partial charge >= 0.3 is 18.3 Å². The van der Waals surface area contributed by atoms with Crippen LogP contribution >= 0.6 is 0 Å². The second-order valence-corrected chi connectivity index (χ2v) is 10.2. The maximum Gasteiger partial charge on any atom is 0.411 e. The van der Waals surface area contributed by atoms with E-state index in [4.69, 9.17) is 9.84 Å². The molecule has 1 aromatic rings. The summed E-state index contributed by atoms with van der Waals surface area (Å²) in [6, 6.07) is 1.91. The number of hydrogen-bond donors (Lipinski definition) is 3. The molecule has 3 N–H and O–H groups in total. The summed E-state index contributed by atoms with van der Waals surface area (Å²) in [5, 5.41) is 13.8. The fourth-order valence-corrected chi connectivity index (χ4v) is 5.22. The largest absolute Gasteiger partial charge is 0.436 e. The van der Waals surface area contributed by atoms with E-state index in [1.54, 1.807) is 6.08 Å². The van der Waals surface area contributed by atoms with Crippen LogP contribution in [0.1, 0.15) is 31.7 Å². The van der Waals surface area contributed by atoms with Gasteiger partial charge in [-0.05, 0) is 55.5 Å². The van der Waals surface area contributed by atoms with Gasteiger partial charge in [-0.15, -0.1) is 0 Å². The first kappa shape index (κ1) is 30.0. The van der Waals surface area contributed by atoms with E-state index in [9.17, 15) is 36.7 Å². The molecule has 1 aliphatic heterocycles. The lowest BCUT2D eigenvalue weighted by atomic mass is 9.85. The third kappa shape index (κ3) is 6.53. The molecule has 2 unspecified atom stereocenters. The Bertz CT molecular complexity index is 1270. The summed E-state index contributed by atoms with van der Waals surface area (Å²) >= 11 is 0. The average molecular weight is 583 g/mol. The Labute approximate surface area is 233 Å². The monoisotopic (exact) mass is 582 g/mol. The van der Waals surface area contributed by atoms with Gasteiger partial charge in [0, 0.05) is 25.6 Å². The number of ether oxygens (including phenoxy) is 1. The number of hydrogen-bond acceptors (Lipinski definition) is 6. The van der Waals surface area contributed by atoms with Gasteiger partial charge < -0.3 is 25.4 Å². The van der Waals surface area contributed by atoms with E-state index in [1.165, 1.54) is 18.2 Å². The van der Waals surface area contributed by atoms with Crippen molar-refractivity contribution < 1.29 is 46.6 Å². The quantitative estimate of drug-likeness (QED) is 0.304. The number of alkyl halides is 3. The van der Waals surface area contributed by atoms with Crippen molar-refractivity contribution in [2.24, 2.45) is 5.92 Å². The van der Waals surface area contributed by atoms with E-state index in [0.29, 0.717) is 23.3 Å². The minimum absolute atomic E-state index is 0.0474. The summed E-state index contributed by atoms with van der Waals surface area (Å²) in [6.45, 7) is -0.348. The lowest BCUT2D eigenvalue weighted by Gasteiger charge is -2.32. The lowest BCUT2D eigenvalue weighted by molar-refractivity contribution is -0.187. The number of halogens is 4. The molecule has 0 radical (unpaired) electrons. The molecule has 222 valence electrons. The average Bonchev–Trinajstić information content (AvgIpc) is 3.43. The van der Waals surface area contributed by atoms with Gasteiger partial charge in [0.05, 0.1) is 12.2 Å². The lowest BCUT2D eigenvalue weighted by Crippen LogP contribution is -2.50. The Morgan fingerprint density at radius 2 is 1.93 bits per heavy atom. The highest BCUT2D eigenvalue weighted by Crippen LogP contribution is 2.48. The number of Topliss-reactive ketones (excluding diaryl/α,β-unsaturated/α-hetero) is 1. The van der Waals surface area contributed by atoms with Crippen LogP contribution in [0.3, 0.4) is 0 Å². The van der Waals surface area contributed by atoms with Gasteiger partial charge in [0.1, 0.15) is 18.4 Å². The van der Waals surface area contributed by atoms with Gasteiger partial charge in [-0.1, -0.05) is 18.2 Å². The molecule has 0 aromatic heterocycles. The molecule has 14 heteroatoms. The number of benzene rings is 1. The standard InChI is InChI=1S/C27H30F4N4O6/c1-16(27(29,30)31)35(13-17-3-5-18(28)6-4-17)22(37)14-34-15-26(41-25(34)40)10-9-19-20(26)7-8-21(23(19)38)33-24(39)32-11-2-12-36/h3-8,16,19,36H,2,9-15H2,1H3,(H2,32,33,39)/t16?,19?,26-/m0/s1. The summed E-state index contributed by atoms with van der Waals surface area (Å²) in [6.07, 6.45) is -1.79. The molecular formula is C27H30F4N4O6. The zero-order valence-electron chi connectivity index (χ0n) is 22.2. The van der Waals surface area contributed by atoms with Crippen molar-refractivity contribution in [2.75, 3.05) is 26.2 Å². The second kappa shape index (κ2) is 11.9. The number of nitrogens with zero attached hydrogens (tertiary/aromatic N) is 2. The van der Waals surface area contributed by atoms with E-state index in [0.717, 1.165) is 24.0 Å². The zero-order chi connectivity index (χ0) is 29.9. The zero-order valence-corrected chi connectivity index (χ0v) is 22.2. The number of urea groups is 1. The van der Waals surface area contributed by atoms with Crippen LogP contribution in [0, 0.1) is 11.7 Å². The van der Waals surface area contributed by atoms with Crippen molar-refractivity contribution in [1.29, 1.82) is 0 Å². The molecule has 10 nitrogen and oxygen atoms in total. The molecule has 1 saturated heterocycles. The SMILES string of the molecule is CC(N(Cc1ccc(F)cc1)C(=O)CN1C[C@]2(CCC3C(=O)C(NC(=O)NCCCO)=CC=C32)OC1=O)C(F)(F)F. The minimum atomic E-state index is -4.75. The molecular weight excluding hydrogens is 552 g/mol. The van der Waals surface area contributed by atoms with E-state index >= 15 is 0 Å². The number of nitrogens with one attached hydrogen (secondary N) is 2. The van der Waals surface area contributed by atoms with Gasteiger partial charge in [0.2, 0.25) is 5.91 Å². The van der Waals surface area contributed by atoms with E-state index < -0.39 is 60.7 Å². The van der Waals surface area contributed by atoms with Gasteiger partial charge in [0.25, 0.3) is 0 Å². The molecule has 4 amide bonds. The number of rotatable bonds is 9. The van der Waals surface area contributed by atoms with Crippen LogP contribution in [0.5, 0.6) is 0 Å². The Hall–Kier alpha value is -3.94. The maximum absolute atomic E-state index is 13.6. The number of carbonyl (C=O) groups excluding carboxylic acids is 4. The molecule has 1 heterocycles. The third-order valence-corrected chi connectivity index (χ3v) is 7.46. The number of aliphatic hydroxyl groups excluding tert-OH is 1. The van der Waals surface area contributed by atoms with Crippen molar-refractivity contribution in [3.8, 4) is 0 Å². The predicted octanol–water partition coefficient (Wildman–Crippen LogP) is 2.78. The van der Waals surface area contributed by atoms with Crippen LogP contribution in [0.25, 0.3) is 0 Å². The maximum atomic E-state index is 13.6. The van der Waals surface area contributed by atoms with E-state index in [-0.39, 0.29) is 43.2 Å². The van der Waals surface area contributed by atoms with Crippen LogP contribution in [-0.4, -0.2) is 82.8 Å². The van der Waals surface area contributed by atoms with Crippen LogP contribution in [-0.2, 0) is 20.9 Å². The summed E-state index contributed by atoms with van der Waals surface area (Å²) < 4.78 is 59.8. The van der Waals surface area contributed by atoms with E-state index in [2.05, 4.69) is 10.6 Å². The van der Waals surface area contributed by atoms with Gasteiger partial charge in [-0.2, -0.15) is 13.2 Å². The summed E-state index contributed by atoms with van der Waals surface area (Å²) in [5.74, 6) is -2.62. The second-order valence-electron chi connectivity index (χ2n) is 10.2. The smallest absolute Gasteiger partial charge is 0.411 e. The Kier molecular flexibility index (Phi) is 8.71. The Morgan fingerprint density at radius 3 is 2.59 bits per heavy atom. The molecule has 2 fully saturated rings. The highest BCUT2D eigenvalue weighted by molar-refractivity contribution is 6.03. The highest BCUT2D eigenvalue weighted by atomic mass is 19.4. The van der Waals surface area contributed by atoms with Crippen LogP contribution in [0.4, 0.5) is 27.2 Å². The number of aliphatic hydroxyl groups is 1. The van der Waals surface area contributed by atoms with Crippen molar-refractivity contribution in [2.45, 2.75) is 50.6 Å². The first-order valence-corrected chi connectivity index (χ1v) is 13.1.